The quantitative estimate of drug-likeness (QED) is 0.533. The Hall–Kier alpha value is -1.76. The van der Waals surface area contributed by atoms with Gasteiger partial charge in [0.15, 0.2) is 0 Å². The molecule has 0 heterocycles. The van der Waals surface area contributed by atoms with Crippen LogP contribution in [0.25, 0.3) is 0 Å². The number of ether oxygens (including phenoxy) is 1. The van der Waals surface area contributed by atoms with Gasteiger partial charge in [0.2, 0.25) is 10.0 Å². The molecule has 0 aliphatic heterocycles. The fourth-order valence-corrected chi connectivity index (χ4v) is 1.78. The average Bonchev–Trinajstić information content (AvgIpc) is 2.26. The van der Waals surface area contributed by atoms with Gasteiger partial charge in [-0.15, -0.1) is 0 Å². The van der Waals surface area contributed by atoms with Crippen LogP contribution in [0, 0.1) is 5.41 Å². The smallest absolute Gasteiger partial charge is 0.235 e. The summed E-state index contributed by atoms with van der Waals surface area (Å²) in [6.45, 7) is 3.16. The summed E-state index contributed by atoms with van der Waals surface area (Å²) >= 11 is 0. The molecule has 1 aromatic carbocycles. The van der Waals surface area contributed by atoms with Crippen LogP contribution >= 0.6 is 0 Å². The predicted molar refractivity (Wildman–Crippen MR) is 71.5 cm³/mol. The van der Waals surface area contributed by atoms with E-state index in [0.717, 1.165) is 0 Å². The molecule has 0 aliphatic rings. The molecule has 0 bridgehead atoms. The molecular formula is C11H17N3O3S. The molecule has 0 atom stereocenters. The number of benzene rings is 1. The number of amidine groups is 1. The number of sulfonamides is 1. The topological polar surface area (TPSA) is 105 Å². The fraction of sp³-hybridized carbons (Fsp3) is 0.364. The van der Waals surface area contributed by atoms with Crippen LogP contribution in [0.3, 0.4) is 0 Å². The van der Waals surface area contributed by atoms with Gasteiger partial charge in [0.25, 0.3) is 0 Å². The maximum absolute atomic E-state index is 11.7. The van der Waals surface area contributed by atoms with Crippen molar-refractivity contribution in [2.75, 3.05) is 11.3 Å². The molecule has 0 aromatic heterocycles. The van der Waals surface area contributed by atoms with Crippen molar-refractivity contribution < 1.29 is 13.2 Å². The Morgan fingerprint density at radius 2 is 2.17 bits per heavy atom. The number of hydrogen-bond acceptors (Lipinski definition) is 4. The van der Waals surface area contributed by atoms with Crippen LogP contribution < -0.4 is 15.2 Å². The van der Waals surface area contributed by atoms with E-state index in [-0.39, 0.29) is 12.4 Å². The molecule has 0 amide bonds. The number of anilines is 1. The van der Waals surface area contributed by atoms with E-state index >= 15 is 0 Å². The molecule has 100 valence electrons. The number of hydrogen-bond donors (Lipinski definition) is 3. The van der Waals surface area contributed by atoms with Crippen molar-refractivity contribution in [1.82, 2.24) is 0 Å². The van der Waals surface area contributed by atoms with Crippen molar-refractivity contribution in [1.29, 1.82) is 5.41 Å². The van der Waals surface area contributed by atoms with E-state index < -0.39 is 15.3 Å². The summed E-state index contributed by atoms with van der Waals surface area (Å²) < 4.78 is 31.0. The number of nitrogens with one attached hydrogen (secondary N) is 2. The van der Waals surface area contributed by atoms with Gasteiger partial charge in [0.1, 0.15) is 18.2 Å². The zero-order valence-electron chi connectivity index (χ0n) is 10.3. The second-order valence-corrected chi connectivity index (χ2v) is 6.27. The van der Waals surface area contributed by atoms with Gasteiger partial charge in [-0.05, 0) is 26.0 Å². The Morgan fingerprint density at radius 3 is 2.72 bits per heavy atom. The first-order valence-corrected chi connectivity index (χ1v) is 6.93. The Balaban J connectivity index is 2.80. The Bertz CT molecular complexity index is 526. The van der Waals surface area contributed by atoms with Gasteiger partial charge in [-0.25, -0.2) is 8.42 Å². The first-order chi connectivity index (χ1) is 8.31. The van der Waals surface area contributed by atoms with Gasteiger partial charge >= 0.3 is 0 Å². The van der Waals surface area contributed by atoms with Gasteiger partial charge in [-0.3, -0.25) is 10.1 Å². The summed E-state index contributed by atoms with van der Waals surface area (Å²) in [7, 11) is -3.37. The molecule has 0 saturated carbocycles. The average molecular weight is 271 g/mol. The summed E-state index contributed by atoms with van der Waals surface area (Å²) in [4.78, 5) is 0. The van der Waals surface area contributed by atoms with Crippen molar-refractivity contribution in [3.05, 3.63) is 24.3 Å². The molecule has 18 heavy (non-hydrogen) atoms. The van der Waals surface area contributed by atoms with E-state index in [4.69, 9.17) is 15.9 Å². The molecule has 0 spiro atoms. The highest BCUT2D eigenvalue weighted by atomic mass is 32.2. The molecule has 1 rings (SSSR count). The SMILES string of the molecule is CC(C)S(=O)(=O)Nc1cccc(OCC(=N)N)c1. The summed E-state index contributed by atoms with van der Waals surface area (Å²) in [5.74, 6) is 0.359. The molecular weight excluding hydrogens is 254 g/mol. The first kappa shape index (κ1) is 14.3. The van der Waals surface area contributed by atoms with Crippen LogP contribution in [0.4, 0.5) is 5.69 Å². The Morgan fingerprint density at radius 1 is 1.50 bits per heavy atom. The summed E-state index contributed by atoms with van der Waals surface area (Å²) in [5, 5.41) is 6.52. The van der Waals surface area contributed by atoms with Crippen molar-refractivity contribution in [3.63, 3.8) is 0 Å². The highest BCUT2D eigenvalue weighted by Crippen LogP contribution is 2.19. The molecule has 1 aromatic rings. The summed E-state index contributed by atoms with van der Waals surface area (Å²) in [6, 6.07) is 6.49. The highest BCUT2D eigenvalue weighted by molar-refractivity contribution is 7.93. The fourth-order valence-electron chi connectivity index (χ4n) is 1.09. The Labute approximate surface area is 107 Å². The molecule has 0 unspecified atom stereocenters. The summed E-state index contributed by atoms with van der Waals surface area (Å²) in [5.41, 5.74) is 5.59. The van der Waals surface area contributed by atoms with Gasteiger partial charge in [-0.2, -0.15) is 0 Å². The monoisotopic (exact) mass is 271 g/mol. The molecule has 0 saturated heterocycles. The maximum atomic E-state index is 11.7. The van der Waals surface area contributed by atoms with Crippen LogP contribution in [-0.4, -0.2) is 26.1 Å². The minimum Gasteiger partial charge on any atom is -0.486 e. The third-order valence-electron chi connectivity index (χ3n) is 2.11. The molecule has 6 nitrogen and oxygen atoms in total. The van der Waals surface area contributed by atoms with Crippen LogP contribution in [-0.2, 0) is 10.0 Å². The van der Waals surface area contributed by atoms with Crippen LogP contribution in [0.15, 0.2) is 24.3 Å². The molecule has 4 N–H and O–H groups in total. The van der Waals surface area contributed by atoms with E-state index in [1.54, 1.807) is 38.1 Å². The van der Waals surface area contributed by atoms with Crippen molar-refractivity contribution in [2.45, 2.75) is 19.1 Å². The van der Waals surface area contributed by atoms with Gasteiger partial charge < -0.3 is 10.5 Å². The molecule has 7 heteroatoms. The van der Waals surface area contributed by atoms with Crippen LogP contribution in [0.2, 0.25) is 0 Å². The second kappa shape index (κ2) is 5.72. The molecule has 0 radical (unpaired) electrons. The number of nitrogens with two attached hydrogens (primary N) is 1. The predicted octanol–water partition coefficient (Wildman–Crippen LogP) is 1.15. The van der Waals surface area contributed by atoms with Crippen molar-refractivity contribution >= 4 is 21.5 Å². The number of rotatable bonds is 6. The highest BCUT2D eigenvalue weighted by Gasteiger charge is 2.15. The minimum absolute atomic E-state index is 0.0274. The maximum Gasteiger partial charge on any atom is 0.235 e. The Kier molecular flexibility index (Phi) is 4.55. The van der Waals surface area contributed by atoms with E-state index in [2.05, 4.69) is 4.72 Å². The zero-order chi connectivity index (χ0) is 13.8. The third kappa shape index (κ3) is 4.25. The van der Waals surface area contributed by atoms with Gasteiger partial charge in [-0.1, -0.05) is 6.07 Å². The standard InChI is InChI=1S/C11H17N3O3S/c1-8(2)18(15,16)14-9-4-3-5-10(6-9)17-7-11(12)13/h3-6,8,14H,7H2,1-2H3,(H3,12,13). The largest absolute Gasteiger partial charge is 0.486 e. The normalized spacial score (nSPS) is 11.3. The van der Waals surface area contributed by atoms with E-state index in [0.29, 0.717) is 11.4 Å². The lowest BCUT2D eigenvalue weighted by atomic mass is 10.3. The van der Waals surface area contributed by atoms with Crippen LogP contribution in [0.5, 0.6) is 5.75 Å². The van der Waals surface area contributed by atoms with Gasteiger partial charge in [0.05, 0.1) is 10.9 Å². The summed E-state index contributed by atoms with van der Waals surface area (Å²) in [6.07, 6.45) is 0. The molecule has 0 fully saturated rings. The second-order valence-electron chi connectivity index (χ2n) is 4.04. The first-order valence-electron chi connectivity index (χ1n) is 5.38. The van der Waals surface area contributed by atoms with Gasteiger partial charge in [0, 0.05) is 6.07 Å². The van der Waals surface area contributed by atoms with Crippen LogP contribution in [0.1, 0.15) is 13.8 Å². The lowest BCUT2D eigenvalue weighted by molar-refractivity contribution is 0.374. The molecule has 0 aliphatic carbocycles. The lowest BCUT2D eigenvalue weighted by Gasteiger charge is -2.12. The van der Waals surface area contributed by atoms with E-state index in [1.165, 1.54) is 0 Å². The van der Waals surface area contributed by atoms with E-state index in [1.807, 2.05) is 0 Å². The lowest BCUT2D eigenvalue weighted by Crippen LogP contribution is -2.22. The van der Waals surface area contributed by atoms with E-state index in [9.17, 15) is 8.42 Å². The zero-order valence-corrected chi connectivity index (χ0v) is 11.1. The third-order valence-corrected chi connectivity index (χ3v) is 3.87. The van der Waals surface area contributed by atoms with Crippen molar-refractivity contribution in [2.24, 2.45) is 5.73 Å². The minimum atomic E-state index is -3.37. The van der Waals surface area contributed by atoms with Crippen molar-refractivity contribution in [3.8, 4) is 5.75 Å².